The minimum Gasteiger partial charge on any atom is -0.493 e. The molecule has 0 aliphatic heterocycles. The number of nitrogens with one attached hydrogen (secondary N) is 1. The van der Waals surface area contributed by atoms with Crippen LogP contribution in [0.4, 0.5) is 4.39 Å². The lowest BCUT2D eigenvalue weighted by Gasteiger charge is -2.14. The summed E-state index contributed by atoms with van der Waals surface area (Å²) in [7, 11) is 1.60. The first-order valence-corrected chi connectivity index (χ1v) is 7.58. The number of aliphatic hydroxyl groups excluding tert-OH is 1. The van der Waals surface area contributed by atoms with Crippen molar-refractivity contribution in [1.29, 1.82) is 0 Å². The van der Waals surface area contributed by atoms with Crippen molar-refractivity contribution in [2.24, 2.45) is 0 Å². The van der Waals surface area contributed by atoms with Crippen LogP contribution in [0.15, 0.2) is 42.5 Å². The number of halogens is 1. The van der Waals surface area contributed by atoms with Crippen LogP contribution in [0.1, 0.15) is 24.2 Å². The molecule has 5 heteroatoms. The first-order valence-electron chi connectivity index (χ1n) is 7.58. The fraction of sp³-hybridized carbons (Fsp3) is 0.333. The standard InChI is InChI=1S/C18H22FNO3/c1-3-23-17-9-4-13(10-18(17)22-2)11-20-12-16(21)14-5-7-15(19)8-6-14/h4-10,16,20-21H,3,11-12H2,1-2H3. The molecule has 0 fully saturated rings. The van der Waals surface area contributed by atoms with E-state index in [1.807, 2.05) is 25.1 Å². The van der Waals surface area contributed by atoms with Gasteiger partial charge in [0.2, 0.25) is 0 Å². The van der Waals surface area contributed by atoms with E-state index in [1.165, 1.54) is 12.1 Å². The highest BCUT2D eigenvalue weighted by molar-refractivity contribution is 5.42. The molecule has 0 amide bonds. The molecule has 0 radical (unpaired) electrons. The van der Waals surface area contributed by atoms with Gasteiger partial charge in [-0.3, -0.25) is 0 Å². The first-order chi connectivity index (χ1) is 11.1. The van der Waals surface area contributed by atoms with Crippen molar-refractivity contribution >= 4 is 0 Å². The van der Waals surface area contributed by atoms with Gasteiger partial charge in [-0.2, -0.15) is 0 Å². The second-order valence-electron chi connectivity index (χ2n) is 5.12. The Kier molecular flexibility index (Phi) is 6.38. The second kappa shape index (κ2) is 8.50. The Hall–Kier alpha value is -2.11. The third-order valence-corrected chi connectivity index (χ3v) is 3.45. The summed E-state index contributed by atoms with van der Waals surface area (Å²) in [4.78, 5) is 0. The average Bonchev–Trinajstić information content (AvgIpc) is 2.56. The predicted molar refractivity (Wildman–Crippen MR) is 87.2 cm³/mol. The molecule has 0 heterocycles. The quantitative estimate of drug-likeness (QED) is 0.785. The van der Waals surface area contributed by atoms with E-state index in [2.05, 4.69) is 5.32 Å². The SMILES string of the molecule is CCOc1ccc(CNCC(O)c2ccc(F)cc2)cc1OC. The Balaban J connectivity index is 1.89. The molecule has 0 aliphatic rings. The van der Waals surface area contributed by atoms with Crippen LogP contribution in [0, 0.1) is 5.82 Å². The topological polar surface area (TPSA) is 50.7 Å². The summed E-state index contributed by atoms with van der Waals surface area (Å²) in [6.07, 6.45) is -0.680. The molecular formula is C18H22FNO3. The van der Waals surface area contributed by atoms with Gasteiger partial charge in [-0.1, -0.05) is 18.2 Å². The molecule has 1 atom stereocenters. The van der Waals surface area contributed by atoms with Crippen LogP contribution in [0.2, 0.25) is 0 Å². The Morgan fingerprint density at radius 1 is 1.13 bits per heavy atom. The zero-order chi connectivity index (χ0) is 16.7. The van der Waals surface area contributed by atoms with Crippen molar-refractivity contribution in [3.05, 3.63) is 59.4 Å². The molecule has 0 bridgehead atoms. The van der Waals surface area contributed by atoms with Crippen LogP contribution in [0.25, 0.3) is 0 Å². The summed E-state index contributed by atoms with van der Waals surface area (Å²) in [6.45, 7) is 3.46. The Labute approximate surface area is 135 Å². The van der Waals surface area contributed by atoms with Crippen LogP contribution in [-0.4, -0.2) is 25.4 Å². The Bertz CT molecular complexity index is 616. The largest absolute Gasteiger partial charge is 0.493 e. The second-order valence-corrected chi connectivity index (χ2v) is 5.12. The molecule has 2 aromatic carbocycles. The molecule has 0 saturated carbocycles. The molecule has 2 rings (SSSR count). The van der Waals surface area contributed by atoms with E-state index in [4.69, 9.17) is 9.47 Å². The highest BCUT2D eigenvalue weighted by Crippen LogP contribution is 2.28. The molecule has 2 aromatic rings. The van der Waals surface area contributed by atoms with Gasteiger partial charge in [-0.05, 0) is 42.3 Å². The summed E-state index contributed by atoms with van der Waals surface area (Å²) in [5.41, 5.74) is 1.71. The van der Waals surface area contributed by atoms with Crippen LogP contribution < -0.4 is 14.8 Å². The first kappa shape index (κ1) is 17.2. The van der Waals surface area contributed by atoms with E-state index in [0.29, 0.717) is 36.8 Å². The van der Waals surface area contributed by atoms with Crippen molar-refractivity contribution in [3.8, 4) is 11.5 Å². The molecule has 2 N–H and O–H groups in total. The summed E-state index contributed by atoms with van der Waals surface area (Å²) in [5.74, 6) is 1.09. The maximum Gasteiger partial charge on any atom is 0.161 e. The van der Waals surface area contributed by atoms with Gasteiger partial charge >= 0.3 is 0 Å². The van der Waals surface area contributed by atoms with E-state index in [-0.39, 0.29) is 5.82 Å². The third-order valence-electron chi connectivity index (χ3n) is 3.45. The fourth-order valence-electron chi connectivity index (χ4n) is 2.25. The van der Waals surface area contributed by atoms with E-state index >= 15 is 0 Å². The summed E-state index contributed by atoms with van der Waals surface area (Å²) >= 11 is 0. The van der Waals surface area contributed by atoms with Crippen LogP contribution >= 0.6 is 0 Å². The van der Waals surface area contributed by atoms with Gasteiger partial charge in [-0.15, -0.1) is 0 Å². The zero-order valence-corrected chi connectivity index (χ0v) is 13.4. The molecular weight excluding hydrogens is 297 g/mol. The van der Waals surface area contributed by atoms with E-state index < -0.39 is 6.10 Å². The summed E-state index contributed by atoms with van der Waals surface area (Å²) in [6, 6.07) is 11.6. The van der Waals surface area contributed by atoms with Crippen LogP contribution in [0.3, 0.4) is 0 Å². The molecule has 23 heavy (non-hydrogen) atoms. The number of aliphatic hydroxyl groups is 1. The van der Waals surface area contributed by atoms with Gasteiger partial charge in [0.25, 0.3) is 0 Å². The van der Waals surface area contributed by atoms with Crippen LogP contribution in [0.5, 0.6) is 11.5 Å². The third kappa shape index (κ3) is 4.94. The highest BCUT2D eigenvalue weighted by Gasteiger charge is 2.08. The monoisotopic (exact) mass is 319 g/mol. The maximum atomic E-state index is 12.9. The molecule has 0 aromatic heterocycles. The smallest absolute Gasteiger partial charge is 0.161 e. The maximum absolute atomic E-state index is 12.9. The Morgan fingerprint density at radius 2 is 1.87 bits per heavy atom. The lowest BCUT2D eigenvalue weighted by molar-refractivity contribution is 0.174. The summed E-state index contributed by atoms with van der Waals surface area (Å²) in [5, 5.41) is 13.3. The van der Waals surface area contributed by atoms with Gasteiger partial charge in [0.15, 0.2) is 11.5 Å². The molecule has 4 nitrogen and oxygen atoms in total. The van der Waals surface area contributed by atoms with E-state index in [1.54, 1.807) is 19.2 Å². The molecule has 124 valence electrons. The number of methoxy groups -OCH3 is 1. The number of ether oxygens (including phenoxy) is 2. The number of hydrogen-bond donors (Lipinski definition) is 2. The van der Waals surface area contributed by atoms with Crippen molar-refractivity contribution in [1.82, 2.24) is 5.32 Å². The minimum atomic E-state index is -0.680. The summed E-state index contributed by atoms with van der Waals surface area (Å²) < 4.78 is 23.6. The molecule has 0 aliphatic carbocycles. The predicted octanol–water partition coefficient (Wildman–Crippen LogP) is 3.06. The van der Waals surface area contributed by atoms with Crippen molar-refractivity contribution < 1.29 is 19.0 Å². The van der Waals surface area contributed by atoms with Crippen molar-refractivity contribution in [2.45, 2.75) is 19.6 Å². The number of benzene rings is 2. The lowest BCUT2D eigenvalue weighted by atomic mass is 10.1. The van der Waals surface area contributed by atoms with Gasteiger partial charge < -0.3 is 19.9 Å². The van der Waals surface area contributed by atoms with Gasteiger partial charge in [0.05, 0.1) is 19.8 Å². The van der Waals surface area contributed by atoms with Gasteiger partial charge in [0, 0.05) is 13.1 Å². The molecule has 0 saturated heterocycles. The lowest BCUT2D eigenvalue weighted by Crippen LogP contribution is -2.21. The Morgan fingerprint density at radius 3 is 2.52 bits per heavy atom. The van der Waals surface area contributed by atoms with E-state index in [0.717, 1.165) is 5.56 Å². The average molecular weight is 319 g/mol. The van der Waals surface area contributed by atoms with Crippen molar-refractivity contribution in [2.75, 3.05) is 20.3 Å². The van der Waals surface area contributed by atoms with Crippen LogP contribution in [-0.2, 0) is 6.54 Å². The van der Waals surface area contributed by atoms with Crippen molar-refractivity contribution in [3.63, 3.8) is 0 Å². The molecule has 0 spiro atoms. The normalized spacial score (nSPS) is 12.0. The zero-order valence-electron chi connectivity index (χ0n) is 13.4. The van der Waals surface area contributed by atoms with Gasteiger partial charge in [0.1, 0.15) is 5.82 Å². The number of hydrogen-bond acceptors (Lipinski definition) is 4. The minimum absolute atomic E-state index is 0.310. The van der Waals surface area contributed by atoms with Gasteiger partial charge in [-0.25, -0.2) is 4.39 Å². The van der Waals surface area contributed by atoms with E-state index in [9.17, 15) is 9.50 Å². The molecule has 1 unspecified atom stereocenters. The number of rotatable bonds is 8. The fourth-order valence-corrected chi connectivity index (χ4v) is 2.25. The highest BCUT2D eigenvalue weighted by atomic mass is 19.1.